The molecule has 0 spiro atoms. The van der Waals surface area contributed by atoms with Crippen molar-refractivity contribution < 1.29 is 18.4 Å². The Balaban J connectivity index is 1.49. The fourth-order valence-electron chi connectivity index (χ4n) is 3.23. The minimum absolute atomic E-state index is 0.142. The summed E-state index contributed by atoms with van der Waals surface area (Å²) in [4.78, 5) is 28.4. The molecule has 2 aromatic rings. The number of carbonyl (C=O) groups excluding carboxylic acids is 2. The van der Waals surface area contributed by atoms with E-state index in [0.29, 0.717) is 37.3 Å². The molecule has 148 valence electrons. The third-order valence-electron chi connectivity index (χ3n) is 4.75. The van der Waals surface area contributed by atoms with Gasteiger partial charge in [0.25, 0.3) is 5.91 Å². The second kappa shape index (κ2) is 9.41. The molecule has 0 unspecified atom stereocenters. The second-order valence-electron chi connectivity index (χ2n) is 6.80. The molecule has 0 radical (unpaired) electrons. The Labute approximate surface area is 162 Å². The van der Waals surface area contributed by atoms with Gasteiger partial charge in [-0.2, -0.15) is 0 Å². The molecule has 1 saturated heterocycles. The van der Waals surface area contributed by atoms with Crippen molar-refractivity contribution in [3.05, 3.63) is 71.3 Å². The fourth-order valence-corrected chi connectivity index (χ4v) is 3.23. The molecular formula is C21H23F2N3O2. The summed E-state index contributed by atoms with van der Waals surface area (Å²) < 4.78 is 27.0. The van der Waals surface area contributed by atoms with Crippen molar-refractivity contribution in [3.8, 4) is 0 Å². The lowest BCUT2D eigenvalue weighted by Crippen LogP contribution is -2.40. The lowest BCUT2D eigenvalue weighted by atomic mass is 10.2. The number of hydrogen-bond donors (Lipinski definition) is 1. The first-order chi connectivity index (χ1) is 13.5. The summed E-state index contributed by atoms with van der Waals surface area (Å²) in [7, 11) is 0. The van der Waals surface area contributed by atoms with E-state index in [0.717, 1.165) is 6.42 Å². The summed E-state index contributed by atoms with van der Waals surface area (Å²) in [5.41, 5.74) is 0.773. The van der Waals surface area contributed by atoms with Gasteiger partial charge in [-0.1, -0.05) is 24.3 Å². The molecule has 1 aliphatic heterocycles. The van der Waals surface area contributed by atoms with Gasteiger partial charge in [-0.3, -0.25) is 14.5 Å². The van der Waals surface area contributed by atoms with Crippen LogP contribution in [0.2, 0.25) is 0 Å². The van der Waals surface area contributed by atoms with Crippen LogP contribution in [0.15, 0.2) is 48.5 Å². The number of halogens is 2. The highest BCUT2D eigenvalue weighted by atomic mass is 19.1. The molecule has 3 rings (SSSR count). The molecule has 0 aliphatic carbocycles. The Bertz CT molecular complexity index is 844. The first-order valence-corrected chi connectivity index (χ1v) is 9.30. The van der Waals surface area contributed by atoms with E-state index in [2.05, 4.69) is 5.32 Å². The highest BCUT2D eigenvalue weighted by Crippen LogP contribution is 2.11. The highest BCUT2D eigenvalue weighted by Gasteiger charge is 2.21. The van der Waals surface area contributed by atoms with E-state index in [4.69, 9.17) is 0 Å². The predicted molar refractivity (Wildman–Crippen MR) is 102 cm³/mol. The van der Waals surface area contributed by atoms with Gasteiger partial charge in [0.05, 0.1) is 6.54 Å². The molecule has 0 bridgehead atoms. The highest BCUT2D eigenvalue weighted by molar-refractivity contribution is 5.94. The molecule has 2 amide bonds. The number of nitrogens with one attached hydrogen (secondary N) is 1. The maximum atomic E-state index is 13.6. The monoisotopic (exact) mass is 387 g/mol. The summed E-state index contributed by atoms with van der Waals surface area (Å²) in [6.07, 6.45) is 0.724. The first-order valence-electron chi connectivity index (χ1n) is 9.30. The van der Waals surface area contributed by atoms with E-state index < -0.39 is 5.82 Å². The van der Waals surface area contributed by atoms with E-state index in [1.54, 1.807) is 29.2 Å². The predicted octanol–water partition coefficient (Wildman–Crippen LogP) is 2.43. The Morgan fingerprint density at radius 2 is 1.79 bits per heavy atom. The van der Waals surface area contributed by atoms with E-state index in [1.807, 2.05) is 4.90 Å². The summed E-state index contributed by atoms with van der Waals surface area (Å²) >= 11 is 0. The maximum absolute atomic E-state index is 13.6. The van der Waals surface area contributed by atoms with Gasteiger partial charge >= 0.3 is 0 Å². The second-order valence-corrected chi connectivity index (χ2v) is 6.80. The molecule has 1 heterocycles. The van der Waals surface area contributed by atoms with E-state index in [9.17, 15) is 18.4 Å². The number of amides is 2. The van der Waals surface area contributed by atoms with Gasteiger partial charge in [0.2, 0.25) is 5.91 Å². The zero-order chi connectivity index (χ0) is 19.9. The van der Waals surface area contributed by atoms with Crippen LogP contribution in [0, 0.1) is 11.6 Å². The molecule has 7 heteroatoms. The van der Waals surface area contributed by atoms with Crippen LogP contribution in [0.4, 0.5) is 8.78 Å². The van der Waals surface area contributed by atoms with Gasteiger partial charge in [0, 0.05) is 43.9 Å². The number of nitrogens with zero attached hydrogens (tertiary/aromatic N) is 2. The van der Waals surface area contributed by atoms with Crippen molar-refractivity contribution in [2.24, 2.45) is 0 Å². The Kier molecular flexibility index (Phi) is 6.71. The van der Waals surface area contributed by atoms with Crippen LogP contribution in [0.5, 0.6) is 0 Å². The third kappa shape index (κ3) is 5.36. The molecule has 1 fully saturated rings. The van der Waals surface area contributed by atoms with Crippen molar-refractivity contribution in [2.75, 3.05) is 32.7 Å². The Morgan fingerprint density at radius 3 is 2.57 bits per heavy atom. The van der Waals surface area contributed by atoms with Crippen LogP contribution in [0.1, 0.15) is 22.3 Å². The smallest absolute Gasteiger partial charge is 0.254 e. The van der Waals surface area contributed by atoms with Gasteiger partial charge in [-0.05, 0) is 30.7 Å². The van der Waals surface area contributed by atoms with Crippen molar-refractivity contribution in [1.29, 1.82) is 0 Å². The zero-order valence-corrected chi connectivity index (χ0v) is 15.5. The summed E-state index contributed by atoms with van der Waals surface area (Å²) in [5.74, 6) is -1.17. The summed E-state index contributed by atoms with van der Waals surface area (Å²) in [6, 6.07) is 12.0. The molecular weight excluding hydrogens is 364 g/mol. The molecule has 0 atom stereocenters. The molecule has 5 nitrogen and oxygen atoms in total. The van der Waals surface area contributed by atoms with Crippen molar-refractivity contribution in [3.63, 3.8) is 0 Å². The van der Waals surface area contributed by atoms with Crippen LogP contribution in [-0.2, 0) is 11.3 Å². The average Bonchev–Trinajstić information content (AvgIpc) is 2.92. The minimum atomic E-state index is -0.436. The van der Waals surface area contributed by atoms with Crippen molar-refractivity contribution in [1.82, 2.24) is 15.1 Å². The number of benzene rings is 2. The normalized spacial score (nSPS) is 15.1. The van der Waals surface area contributed by atoms with E-state index >= 15 is 0 Å². The standard InChI is InChI=1S/C21H23F2N3O2/c22-18-7-3-6-16(13-18)21(28)26-10-4-9-25(11-12-26)15-20(27)24-14-17-5-1-2-8-19(17)23/h1-3,5-8,13H,4,9-12,14-15H2,(H,24,27). The number of carbonyl (C=O) groups is 2. The molecule has 28 heavy (non-hydrogen) atoms. The first kappa shape index (κ1) is 19.9. The summed E-state index contributed by atoms with van der Waals surface area (Å²) in [5, 5.41) is 2.73. The average molecular weight is 387 g/mol. The molecule has 0 aromatic heterocycles. The maximum Gasteiger partial charge on any atom is 0.254 e. The van der Waals surface area contributed by atoms with Crippen molar-refractivity contribution >= 4 is 11.8 Å². The van der Waals surface area contributed by atoms with Crippen LogP contribution in [0.3, 0.4) is 0 Å². The van der Waals surface area contributed by atoms with Crippen LogP contribution in [-0.4, -0.2) is 54.3 Å². The summed E-state index contributed by atoms with van der Waals surface area (Å²) in [6.45, 7) is 2.59. The van der Waals surface area contributed by atoms with Crippen molar-refractivity contribution in [2.45, 2.75) is 13.0 Å². The zero-order valence-electron chi connectivity index (χ0n) is 15.5. The Morgan fingerprint density at radius 1 is 0.964 bits per heavy atom. The molecule has 1 N–H and O–H groups in total. The van der Waals surface area contributed by atoms with E-state index in [-0.39, 0.29) is 30.7 Å². The third-order valence-corrected chi connectivity index (χ3v) is 4.75. The SMILES string of the molecule is O=C(CN1CCCN(C(=O)c2cccc(F)c2)CC1)NCc1ccccc1F. The topological polar surface area (TPSA) is 52.7 Å². The van der Waals surface area contributed by atoms with Gasteiger partial charge in [-0.25, -0.2) is 8.78 Å². The van der Waals surface area contributed by atoms with Gasteiger partial charge in [0.15, 0.2) is 0 Å². The van der Waals surface area contributed by atoms with Crippen LogP contribution in [0.25, 0.3) is 0 Å². The van der Waals surface area contributed by atoms with Crippen LogP contribution >= 0.6 is 0 Å². The number of hydrogen-bond acceptors (Lipinski definition) is 3. The quantitative estimate of drug-likeness (QED) is 0.857. The van der Waals surface area contributed by atoms with Crippen LogP contribution < -0.4 is 5.32 Å². The van der Waals surface area contributed by atoms with E-state index in [1.165, 1.54) is 24.3 Å². The van der Waals surface area contributed by atoms with Gasteiger partial charge in [-0.15, -0.1) is 0 Å². The molecule has 1 aliphatic rings. The number of rotatable bonds is 5. The minimum Gasteiger partial charge on any atom is -0.351 e. The lowest BCUT2D eigenvalue weighted by molar-refractivity contribution is -0.122. The largest absolute Gasteiger partial charge is 0.351 e. The lowest BCUT2D eigenvalue weighted by Gasteiger charge is -2.22. The van der Waals surface area contributed by atoms with Gasteiger partial charge < -0.3 is 10.2 Å². The Hall–Kier alpha value is -2.80. The fraction of sp³-hybridized carbons (Fsp3) is 0.333. The molecule has 2 aromatic carbocycles. The van der Waals surface area contributed by atoms with Gasteiger partial charge in [0.1, 0.15) is 11.6 Å². The molecule has 0 saturated carbocycles.